The molecule has 2 aromatic rings. The molecule has 20 heavy (non-hydrogen) atoms. The van der Waals surface area contributed by atoms with Gasteiger partial charge in [-0.3, -0.25) is 0 Å². The van der Waals surface area contributed by atoms with Crippen molar-refractivity contribution in [3.05, 3.63) is 59.4 Å². The fourth-order valence-electron chi connectivity index (χ4n) is 2.24. The number of anilines is 2. The maximum absolute atomic E-state index is 13.7. The fourth-order valence-corrected chi connectivity index (χ4v) is 2.24. The Bertz CT molecular complexity index is 564. The summed E-state index contributed by atoms with van der Waals surface area (Å²) >= 11 is 0. The van der Waals surface area contributed by atoms with E-state index in [9.17, 15) is 4.39 Å². The van der Waals surface area contributed by atoms with Crippen LogP contribution in [0.25, 0.3) is 0 Å². The molecule has 0 unspecified atom stereocenters. The standard InChI is InChI=1S/C17H21FN2/c1-4-13-5-7-16(8-6-13)20(3)17-10-14(12-19-2)9-15(18)11-17/h5-11,19H,4,12H2,1-3H3. The Morgan fingerprint density at radius 1 is 1.00 bits per heavy atom. The molecule has 0 saturated carbocycles. The Hall–Kier alpha value is -1.87. The predicted octanol–water partition coefficient (Wildman–Crippen LogP) is 3.88. The number of aryl methyl sites for hydroxylation is 1. The molecule has 0 atom stereocenters. The molecular weight excluding hydrogens is 251 g/mol. The molecule has 0 aliphatic rings. The Morgan fingerprint density at radius 3 is 2.30 bits per heavy atom. The van der Waals surface area contributed by atoms with Crippen molar-refractivity contribution in [3.8, 4) is 0 Å². The molecule has 1 N–H and O–H groups in total. The molecule has 0 fully saturated rings. The highest BCUT2D eigenvalue weighted by Gasteiger charge is 2.07. The van der Waals surface area contributed by atoms with Gasteiger partial charge >= 0.3 is 0 Å². The number of rotatable bonds is 5. The maximum atomic E-state index is 13.7. The fraction of sp³-hybridized carbons (Fsp3) is 0.294. The Morgan fingerprint density at radius 2 is 1.70 bits per heavy atom. The van der Waals surface area contributed by atoms with Crippen molar-refractivity contribution in [2.24, 2.45) is 0 Å². The van der Waals surface area contributed by atoms with Gasteiger partial charge in [0, 0.05) is 25.0 Å². The first-order valence-corrected chi connectivity index (χ1v) is 6.90. The SMILES string of the molecule is CCc1ccc(N(C)c2cc(F)cc(CNC)c2)cc1. The maximum Gasteiger partial charge on any atom is 0.125 e. The first-order chi connectivity index (χ1) is 9.63. The predicted molar refractivity (Wildman–Crippen MR) is 83.0 cm³/mol. The molecular formula is C17H21FN2. The van der Waals surface area contributed by atoms with Crippen LogP contribution in [-0.2, 0) is 13.0 Å². The van der Waals surface area contributed by atoms with Crippen LogP contribution in [0.5, 0.6) is 0 Å². The van der Waals surface area contributed by atoms with Crippen molar-refractivity contribution in [1.29, 1.82) is 0 Å². The Labute approximate surface area is 120 Å². The van der Waals surface area contributed by atoms with Gasteiger partial charge in [-0.2, -0.15) is 0 Å². The monoisotopic (exact) mass is 272 g/mol. The zero-order valence-electron chi connectivity index (χ0n) is 12.3. The normalized spacial score (nSPS) is 10.6. The third kappa shape index (κ3) is 3.36. The Kier molecular flexibility index (Phi) is 4.74. The van der Waals surface area contributed by atoms with Gasteiger partial charge in [-0.25, -0.2) is 4.39 Å². The summed E-state index contributed by atoms with van der Waals surface area (Å²) in [7, 11) is 3.82. The molecule has 0 amide bonds. The summed E-state index contributed by atoms with van der Waals surface area (Å²) in [6.45, 7) is 2.79. The van der Waals surface area contributed by atoms with Gasteiger partial charge in [0.25, 0.3) is 0 Å². The van der Waals surface area contributed by atoms with Gasteiger partial charge in [-0.15, -0.1) is 0 Å². The average molecular weight is 272 g/mol. The third-order valence-corrected chi connectivity index (χ3v) is 3.44. The van der Waals surface area contributed by atoms with Gasteiger partial charge < -0.3 is 10.2 Å². The summed E-state index contributed by atoms with van der Waals surface area (Å²) in [5.74, 6) is -0.204. The second-order valence-corrected chi connectivity index (χ2v) is 4.93. The molecule has 0 saturated heterocycles. The van der Waals surface area contributed by atoms with Gasteiger partial charge in [0.2, 0.25) is 0 Å². The van der Waals surface area contributed by atoms with Crippen LogP contribution in [0.1, 0.15) is 18.1 Å². The zero-order chi connectivity index (χ0) is 14.5. The van der Waals surface area contributed by atoms with E-state index in [1.165, 1.54) is 5.56 Å². The summed E-state index contributed by atoms with van der Waals surface area (Å²) < 4.78 is 13.7. The minimum Gasteiger partial charge on any atom is -0.345 e. The molecule has 2 aromatic carbocycles. The van der Waals surface area contributed by atoms with E-state index in [1.54, 1.807) is 12.1 Å². The van der Waals surface area contributed by atoms with Crippen LogP contribution in [0, 0.1) is 5.82 Å². The number of hydrogen-bond donors (Lipinski definition) is 1. The summed E-state index contributed by atoms with van der Waals surface area (Å²) in [6.07, 6.45) is 1.02. The van der Waals surface area contributed by atoms with E-state index in [0.717, 1.165) is 23.4 Å². The van der Waals surface area contributed by atoms with Gasteiger partial charge in [-0.1, -0.05) is 19.1 Å². The molecule has 3 heteroatoms. The van der Waals surface area contributed by atoms with E-state index in [4.69, 9.17) is 0 Å². The lowest BCUT2D eigenvalue weighted by Crippen LogP contribution is -2.11. The number of hydrogen-bond acceptors (Lipinski definition) is 2. The topological polar surface area (TPSA) is 15.3 Å². The summed E-state index contributed by atoms with van der Waals surface area (Å²) in [4.78, 5) is 2.00. The molecule has 0 radical (unpaired) electrons. The highest BCUT2D eigenvalue weighted by molar-refractivity contribution is 5.63. The molecule has 0 heterocycles. The first kappa shape index (κ1) is 14.5. The minimum atomic E-state index is -0.204. The van der Waals surface area contributed by atoms with Crippen LogP contribution >= 0.6 is 0 Å². The van der Waals surface area contributed by atoms with Crippen LogP contribution in [0.3, 0.4) is 0 Å². The van der Waals surface area contributed by atoms with Crippen molar-refractivity contribution >= 4 is 11.4 Å². The number of nitrogens with one attached hydrogen (secondary N) is 1. The van der Waals surface area contributed by atoms with Crippen LogP contribution < -0.4 is 10.2 Å². The van der Waals surface area contributed by atoms with E-state index >= 15 is 0 Å². The minimum absolute atomic E-state index is 0.204. The van der Waals surface area contributed by atoms with Crippen LogP contribution in [0.4, 0.5) is 15.8 Å². The lowest BCUT2D eigenvalue weighted by Gasteiger charge is -2.21. The molecule has 2 rings (SSSR count). The molecule has 0 bridgehead atoms. The second kappa shape index (κ2) is 6.53. The molecule has 0 aliphatic heterocycles. The number of nitrogens with zero attached hydrogens (tertiary/aromatic N) is 1. The smallest absolute Gasteiger partial charge is 0.125 e. The van der Waals surface area contributed by atoms with Crippen molar-refractivity contribution < 1.29 is 4.39 Å². The average Bonchev–Trinajstić information content (AvgIpc) is 2.46. The molecule has 0 aromatic heterocycles. The molecule has 2 nitrogen and oxygen atoms in total. The summed E-state index contributed by atoms with van der Waals surface area (Å²) in [6, 6.07) is 13.5. The third-order valence-electron chi connectivity index (χ3n) is 3.44. The van der Waals surface area contributed by atoms with E-state index in [0.29, 0.717) is 6.54 Å². The summed E-state index contributed by atoms with van der Waals surface area (Å²) in [5.41, 5.74) is 4.17. The van der Waals surface area contributed by atoms with Gasteiger partial charge in [0.05, 0.1) is 0 Å². The van der Waals surface area contributed by atoms with Crippen molar-refractivity contribution in [1.82, 2.24) is 5.32 Å². The van der Waals surface area contributed by atoms with Crippen molar-refractivity contribution in [3.63, 3.8) is 0 Å². The van der Waals surface area contributed by atoms with Gasteiger partial charge in [0.1, 0.15) is 5.82 Å². The second-order valence-electron chi connectivity index (χ2n) is 4.93. The lowest BCUT2D eigenvalue weighted by molar-refractivity contribution is 0.624. The van der Waals surface area contributed by atoms with E-state index in [-0.39, 0.29) is 5.82 Å². The highest BCUT2D eigenvalue weighted by Crippen LogP contribution is 2.25. The van der Waals surface area contributed by atoms with Gasteiger partial charge in [-0.05, 0) is 54.9 Å². The number of benzene rings is 2. The zero-order valence-corrected chi connectivity index (χ0v) is 12.3. The molecule has 0 spiro atoms. The van der Waals surface area contributed by atoms with Crippen LogP contribution in [0.15, 0.2) is 42.5 Å². The lowest BCUT2D eigenvalue weighted by atomic mass is 10.1. The molecule has 0 aliphatic carbocycles. The van der Waals surface area contributed by atoms with Gasteiger partial charge in [0.15, 0.2) is 0 Å². The largest absolute Gasteiger partial charge is 0.345 e. The highest BCUT2D eigenvalue weighted by atomic mass is 19.1. The number of halogens is 1. The summed E-state index contributed by atoms with van der Waals surface area (Å²) in [5, 5.41) is 3.05. The Balaban J connectivity index is 2.29. The van der Waals surface area contributed by atoms with E-state index in [1.807, 2.05) is 25.1 Å². The van der Waals surface area contributed by atoms with E-state index < -0.39 is 0 Å². The van der Waals surface area contributed by atoms with E-state index in [2.05, 4.69) is 36.5 Å². The van der Waals surface area contributed by atoms with Crippen molar-refractivity contribution in [2.45, 2.75) is 19.9 Å². The van der Waals surface area contributed by atoms with Crippen LogP contribution in [0.2, 0.25) is 0 Å². The molecule has 106 valence electrons. The quantitative estimate of drug-likeness (QED) is 0.888. The van der Waals surface area contributed by atoms with Crippen molar-refractivity contribution in [2.75, 3.05) is 19.0 Å². The van der Waals surface area contributed by atoms with Crippen LogP contribution in [-0.4, -0.2) is 14.1 Å². The first-order valence-electron chi connectivity index (χ1n) is 6.90.